The topological polar surface area (TPSA) is 38.8 Å². The van der Waals surface area contributed by atoms with Gasteiger partial charge in [0.15, 0.2) is 0 Å². The Bertz CT molecular complexity index is 1420. The highest BCUT2D eigenvalue weighted by atomic mass is 16.2. The van der Waals surface area contributed by atoms with Crippen molar-refractivity contribution in [3.63, 3.8) is 0 Å². The molecule has 0 fully saturated rings. The van der Waals surface area contributed by atoms with E-state index in [1.807, 2.05) is 11.0 Å². The van der Waals surface area contributed by atoms with E-state index in [4.69, 9.17) is 0 Å². The molecule has 0 aliphatic heterocycles. The number of likely N-dealkylation sites (N-methyl/N-ethyl adjacent to an activating group) is 2. The maximum Gasteiger partial charge on any atom is 0.317 e. The van der Waals surface area contributed by atoms with Crippen LogP contribution >= 0.6 is 0 Å². The molecule has 0 bridgehead atoms. The summed E-state index contributed by atoms with van der Waals surface area (Å²) >= 11 is 0. The lowest BCUT2D eigenvalue weighted by atomic mass is 10.0. The summed E-state index contributed by atoms with van der Waals surface area (Å²) in [7, 11) is 0. The Kier molecular flexibility index (Phi) is 13.4. The number of hydrogen-bond acceptors (Lipinski definition) is 3. The number of rotatable bonds is 16. The molecular weight excluding hydrogens is 552 g/mol. The normalized spacial score (nSPS) is 11.4. The number of urea groups is 1. The Labute approximate surface area is 271 Å². The van der Waals surface area contributed by atoms with Gasteiger partial charge in [-0.05, 0) is 65.1 Å². The van der Waals surface area contributed by atoms with Crippen molar-refractivity contribution in [2.24, 2.45) is 0 Å². The highest BCUT2D eigenvalue weighted by Crippen LogP contribution is 2.23. The summed E-state index contributed by atoms with van der Waals surface area (Å²) in [5, 5.41) is 3.17. The van der Waals surface area contributed by atoms with Crippen molar-refractivity contribution in [2.45, 2.75) is 34.2 Å². The van der Waals surface area contributed by atoms with Crippen molar-refractivity contribution >= 4 is 18.2 Å². The third-order valence-electron chi connectivity index (χ3n) is 8.58. The molecule has 0 radical (unpaired) electrons. The molecule has 0 saturated carbocycles. The predicted molar refractivity (Wildman–Crippen MR) is 192 cm³/mol. The van der Waals surface area contributed by atoms with Gasteiger partial charge in [0.1, 0.15) is 0 Å². The Balaban J connectivity index is 1.30. The van der Waals surface area contributed by atoms with E-state index in [2.05, 4.69) is 152 Å². The van der Waals surface area contributed by atoms with E-state index in [1.54, 1.807) is 0 Å². The first kappa shape index (κ1) is 33.7. The third-order valence-corrected chi connectivity index (χ3v) is 8.58. The lowest BCUT2D eigenvalue weighted by molar-refractivity contribution is 0.172. The molecule has 0 aliphatic rings. The van der Waals surface area contributed by atoms with Gasteiger partial charge in [-0.25, -0.2) is 4.79 Å². The molecule has 0 unspecified atom stereocenters. The van der Waals surface area contributed by atoms with E-state index in [9.17, 15) is 4.79 Å². The van der Waals surface area contributed by atoms with Gasteiger partial charge < -0.3 is 20.0 Å². The fourth-order valence-electron chi connectivity index (χ4n) is 5.42. The quantitative estimate of drug-likeness (QED) is 0.131. The van der Waals surface area contributed by atoms with Gasteiger partial charge in [0.05, 0.1) is 0 Å². The average molecular weight is 603 g/mol. The second kappa shape index (κ2) is 17.9. The molecule has 0 atom stereocenters. The SMILES string of the molecule is CCN(CC)CCN(CCN(CC)CC)C(=O)NCc1ccc(-c2ccc(/C=C/c3ccc(-c4ccccc4)cc3)cc2)cc1. The molecule has 4 rings (SSSR count). The Morgan fingerprint density at radius 1 is 0.533 bits per heavy atom. The Hall–Kier alpha value is -4.19. The number of carbonyl (C=O) groups excluding carboxylic acids is 1. The number of amides is 2. The van der Waals surface area contributed by atoms with Crippen LogP contribution in [0.2, 0.25) is 0 Å². The van der Waals surface area contributed by atoms with Gasteiger partial charge in [-0.2, -0.15) is 0 Å². The predicted octanol–water partition coefficient (Wildman–Crippen LogP) is 8.39. The van der Waals surface area contributed by atoms with Crippen molar-refractivity contribution < 1.29 is 4.79 Å². The van der Waals surface area contributed by atoms with Crippen molar-refractivity contribution in [1.29, 1.82) is 0 Å². The van der Waals surface area contributed by atoms with Crippen molar-refractivity contribution in [2.75, 3.05) is 52.4 Å². The first-order valence-electron chi connectivity index (χ1n) is 16.5. The average Bonchev–Trinajstić information content (AvgIpc) is 3.10. The Morgan fingerprint density at radius 2 is 0.933 bits per heavy atom. The summed E-state index contributed by atoms with van der Waals surface area (Å²) in [5.41, 5.74) is 8.23. The molecule has 0 heterocycles. The van der Waals surface area contributed by atoms with E-state index in [-0.39, 0.29) is 6.03 Å². The standard InChI is InChI=1S/C40H50N4O/c1-5-42(6-2)28-30-44(31-29-43(7-3)8-4)40(45)41-32-35-20-26-39(27-21-35)38-24-18-34(19-25-38)15-14-33-16-22-37(23-17-33)36-12-10-9-11-13-36/h9-27H,5-8,28-32H2,1-4H3,(H,41,45)/b15-14+. The summed E-state index contributed by atoms with van der Waals surface area (Å²) in [5.74, 6) is 0. The molecule has 0 aliphatic carbocycles. The molecular formula is C40H50N4O. The molecule has 0 saturated heterocycles. The van der Waals surface area contributed by atoms with Gasteiger partial charge in [-0.3, -0.25) is 0 Å². The largest absolute Gasteiger partial charge is 0.334 e. The zero-order valence-corrected chi connectivity index (χ0v) is 27.6. The molecule has 0 spiro atoms. The highest BCUT2D eigenvalue weighted by molar-refractivity contribution is 5.75. The summed E-state index contributed by atoms with van der Waals surface area (Å²) in [6.45, 7) is 16.5. The van der Waals surface area contributed by atoms with E-state index < -0.39 is 0 Å². The van der Waals surface area contributed by atoms with Crippen molar-refractivity contribution in [1.82, 2.24) is 20.0 Å². The van der Waals surface area contributed by atoms with E-state index in [1.165, 1.54) is 22.3 Å². The number of nitrogens with zero attached hydrogens (tertiary/aromatic N) is 3. The smallest absolute Gasteiger partial charge is 0.317 e. The summed E-state index contributed by atoms with van der Waals surface area (Å²) in [6, 6.07) is 36.3. The molecule has 0 aromatic heterocycles. The van der Waals surface area contributed by atoms with E-state index in [0.717, 1.165) is 69.0 Å². The van der Waals surface area contributed by atoms with Gasteiger partial charge in [0.2, 0.25) is 0 Å². The van der Waals surface area contributed by atoms with Gasteiger partial charge in [0.25, 0.3) is 0 Å². The molecule has 4 aromatic carbocycles. The van der Waals surface area contributed by atoms with Gasteiger partial charge in [-0.15, -0.1) is 0 Å². The van der Waals surface area contributed by atoms with E-state index >= 15 is 0 Å². The minimum Gasteiger partial charge on any atom is -0.334 e. The van der Waals surface area contributed by atoms with Gasteiger partial charge in [0, 0.05) is 32.7 Å². The molecule has 236 valence electrons. The maximum absolute atomic E-state index is 13.2. The van der Waals surface area contributed by atoms with Crippen LogP contribution in [0, 0.1) is 0 Å². The second-order valence-electron chi connectivity index (χ2n) is 11.3. The van der Waals surface area contributed by atoms with Gasteiger partial charge >= 0.3 is 6.03 Å². The summed E-state index contributed by atoms with van der Waals surface area (Å²) in [6.07, 6.45) is 4.31. The van der Waals surface area contributed by atoms with Crippen LogP contribution in [0.25, 0.3) is 34.4 Å². The molecule has 45 heavy (non-hydrogen) atoms. The zero-order chi connectivity index (χ0) is 31.9. The summed E-state index contributed by atoms with van der Waals surface area (Å²) < 4.78 is 0. The van der Waals surface area contributed by atoms with Crippen LogP contribution < -0.4 is 5.32 Å². The molecule has 4 aromatic rings. The zero-order valence-electron chi connectivity index (χ0n) is 27.6. The lowest BCUT2D eigenvalue weighted by Crippen LogP contribution is -2.46. The molecule has 5 heteroatoms. The number of nitrogens with one attached hydrogen (secondary N) is 1. The highest BCUT2D eigenvalue weighted by Gasteiger charge is 2.15. The summed E-state index contributed by atoms with van der Waals surface area (Å²) in [4.78, 5) is 19.9. The third kappa shape index (κ3) is 10.4. The van der Waals surface area contributed by atoms with Crippen LogP contribution in [0.5, 0.6) is 0 Å². The van der Waals surface area contributed by atoms with Crippen LogP contribution in [0.3, 0.4) is 0 Å². The van der Waals surface area contributed by atoms with Crippen molar-refractivity contribution in [3.05, 3.63) is 120 Å². The minimum absolute atomic E-state index is 0.00849. The monoisotopic (exact) mass is 602 g/mol. The Morgan fingerprint density at radius 3 is 1.36 bits per heavy atom. The van der Waals surface area contributed by atoms with Crippen LogP contribution in [-0.4, -0.2) is 73.1 Å². The number of carbonyl (C=O) groups is 1. The van der Waals surface area contributed by atoms with Crippen molar-refractivity contribution in [3.8, 4) is 22.3 Å². The van der Waals surface area contributed by atoms with E-state index in [0.29, 0.717) is 6.54 Å². The minimum atomic E-state index is 0.00849. The number of hydrogen-bond donors (Lipinski definition) is 1. The first-order chi connectivity index (χ1) is 22.0. The van der Waals surface area contributed by atoms with Crippen LogP contribution in [0.4, 0.5) is 4.79 Å². The lowest BCUT2D eigenvalue weighted by Gasteiger charge is -2.29. The van der Waals surface area contributed by atoms with Crippen LogP contribution in [0.15, 0.2) is 103 Å². The number of benzene rings is 4. The molecule has 2 amide bonds. The fraction of sp³-hybridized carbons (Fsp3) is 0.325. The fourth-order valence-corrected chi connectivity index (χ4v) is 5.42. The first-order valence-corrected chi connectivity index (χ1v) is 16.5. The van der Waals surface area contributed by atoms with Gasteiger partial charge in [-0.1, -0.05) is 143 Å². The molecule has 5 nitrogen and oxygen atoms in total. The molecule has 1 N–H and O–H groups in total. The second-order valence-corrected chi connectivity index (χ2v) is 11.3. The van der Waals surface area contributed by atoms with Crippen LogP contribution in [0.1, 0.15) is 44.4 Å². The maximum atomic E-state index is 13.2. The van der Waals surface area contributed by atoms with Crippen LogP contribution in [-0.2, 0) is 6.54 Å².